The summed E-state index contributed by atoms with van der Waals surface area (Å²) < 4.78 is 8.77. The normalized spacial score (nSPS) is 17.2. The third kappa shape index (κ3) is 4.04. The zero-order valence-electron chi connectivity index (χ0n) is 15.8. The van der Waals surface area contributed by atoms with Crippen molar-refractivity contribution in [3.05, 3.63) is 52.0 Å². The first-order chi connectivity index (χ1) is 11.9. The Bertz CT molecular complexity index is 794. The standard InChI is InChI=1S/C19H28N2O3P/c1-6-9-11-15(10-7-2)21-18(22)17(19(23)24-8-3)16-14-25(4,5)13-12-20(16)21/h6-7,9-11H,8,12-14H2,1-5H3/q+1/b9-6-,10-7-,15-11+. The van der Waals surface area contributed by atoms with Gasteiger partial charge < -0.3 is 4.74 Å². The van der Waals surface area contributed by atoms with Crippen LogP contribution in [0.25, 0.3) is 5.70 Å². The lowest BCUT2D eigenvalue weighted by Gasteiger charge is -2.26. The lowest BCUT2D eigenvalue weighted by Crippen LogP contribution is -2.27. The maximum atomic E-state index is 13.1. The second-order valence-electron chi connectivity index (χ2n) is 6.72. The summed E-state index contributed by atoms with van der Waals surface area (Å²) in [5.41, 5.74) is 1.49. The summed E-state index contributed by atoms with van der Waals surface area (Å²) in [4.78, 5) is 25.6. The molecule has 1 aromatic heterocycles. The van der Waals surface area contributed by atoms with Gasteiger partial charge in [-0.2, -0.15) is 0 Å². The van der Waals surface area contributed by atoms with E-state index in [0.717, 1.165) is 30.3 Å². The Labute approximate surface area is 150 Å². The zero-order valence-corrected chi connectivity index (χ0v) is 16.7. The van der Waals surface area contributed by atoms with Crippen LogP contribution in [0.15, 0.2) is 35.2 Å². The fraction of sp³-hybridized carbons (Fsp3) is 0.474. The van der Waals surface area contributed by atoms with Gasteiger partial charge in [0, 0.05) is 20.6 Å². The molecular formula is C19H28N2O3P+. The molecule has 0 radical (unpaired) electrons. The van der Waals surface area contributed by atoms with Crippen LogP contribution in [0.3, 0.4) is 0 Å². The number of rotatable bonds is 5. The number of fused-ring (bicyclic) bond motifs is 1. The van der Waals surface area contributed by atoms with Gasteiger partial charge in [-0.3, -0.25) is 9.48 Å². The van der Waals surface area contributed by atoms with Crippen molar-refractivity contribution < 1.29 is 9.53 Å². The third-order valence-electron chi connectivity index (χ3n) is 4.26. The van der Waals surface area contributed by atoms with E-state index in [0.29, 0.717) is 0 Å². The minimum absolute atomic E-state index is 0.200. The Morgan fingerprint density at radius 2 is 2.00 bits per heavy atom. The molecule has 0 aromatic carbocycles. The van der Waals surface area contributed by atoms with Gasteiger partial charge in [0.1, 0.15) is 6.16 Å². The molecule has 0 amide bonds. The molecule has 0 spiro atoms. The van der Waals surface area contributed by atoms with Gasteiger partial charge in [0.25, 0.3) is 5.56 Å². The highest BCUT2D eigenvalue weighted by Gasteiger charge is 2.38. The predicted molar refractivity (Wildman–Crippen MR) is 106 cm³/mol. The van der Waals surface area contributed by atoms with Crippen molar-refractivity contribution in [2.75, 3.05) is 26.1 Å². The van der Waals surface area contributed by atoms with E-state index in [9.17, 15) is 9.59 Å². The molecule has 0 unspecified atom stereocenters. The second kappa shape index (κ2) is 8.01. The largest absolute Gasteiger partial charge is 0.462 e. The van der Waals surface area contributed by atoms with Gasteiger partial charge in [-0.25, -0.2) is 9.48 Å². The second-order valence-corrected chi connectivity index (χ2v) is 11.4. The van der Waals surface area contributed by atoms with Crippen LogP contribution in [-0.2, 0) is 17.4 Å². The quantitative estimate of drug-likeness (QED) is 0.456. The first-order valence-corrected chi connectivity index (χ1v) is 11.7. The van der Waals surface area contributed by atoms with E-state index in [4.69, 9.17) is 4.74 Å². The molecule has 2 heterocycles. The molecule has 0 saturated heterocycles. The molecule has 0 aliphatic carbocycles. The van der Waals surface area contributed by atoms with E-state index in [1.165, 1.54) is 0 Å². The average Bonchev–Trinajstić information content (AvgIpc) is 2.82. The molecule has 0 atom stereocenters. The van der Waals surface area contributed by atoms with Crippen LogP contribution >= 0.6 is 7.26 Å². The van der Waals surface area contributed by atoms with Crippen LogP contribution in [0, 0.1) is 0 Å². The van der Waals surface area contributed by atoms with Gasteiger partial charge in [0.2, 0.25) is 0 Å². The Morgan fingerprint density at radius 3 is 2.60 bits per heavy atom. The molecule has 0 bridgehead atoms. The molecule has 1 aliphatic heterocycles. The Balaban J connectivity index is 2.74. The number of esters is 1. The van der Waals surface area contributed by atoms with E-state index in [1.807, 2.05) is 48.9 Å². The SMILES string of the molecule is C\C=C/C=C(\C=C/C)n1c(=O)c(C(=O)OCC)c2n1CC[P+](C)(C)C2. The van der Waals surface area contributed by atoms with Crippen LogP contribution < -0.4 is 5.56 Å². The summed E-state index contributed by atoms with van der Waals surface area (Å²) in [6, 6.07) is 0. The number of aromatic nitrogens is 2. The number of allylic oxidation sites excluding steroid dienone is 6. The molecular weight excluding hydrogens is 335 g/mol. The summed E-state index contributed by atoms with van der Waals surface area (Å²) >= 11 is 0. The fourth-order valence-electron chi connectivity index (χ4n) is 3.06. The van der Waals surface area contributed by atoms with Crippen LogP contribution in [0.4, 0.5) is 0 Å². The number of ether oxygens (including phenoxy) is 1. The molecule has 0 fully saturated rings. The molecule has 1 aromatic rings. The molecule has 5 nitrogen and oxygen atoms in total. The molecule has 2 rings (SSSR count). The first kappa shape index (κ1) is 19.5. The van der Waals surface area contributed by atoms with Gasteiger partial charge in [-0.05, 0) is 32.9 Å². The van der Waals surface area contributed by atoms with Crippen LogP contribution in [-0.4, -0.2) is 41.4 Å². The van der Waals surface area contributed by atoms with Gasteiger partial charge in [0.15, 0.2) is 5.56 Å². The van der Waals surface area contributed by atoms with Gasteiger partial charge in [-0.1, -0.05) is 18.2 Å². The summed E-state index contributed by atoms with van der Waals surface area (Å²) in [7, 11) is -1.16. The van der Waals surface area contributed by atoms with Crippen molar-refractivity contribution in [2.24, 2.45) is 0 Å². The summed E-state index contributed by atoms with van der Waals surface area (Å²) in [6.07, 6.45) is 11.3. The van der Waals surface area contributed by atoms with Crippen molar-refractivity contribution >= 4 is 18.9 Å². The van der Waals surface area contributed by atoms with Crippen molar-refractivity contribution in [3.63, 3.8) is 0 Å². The van der Waals surface area contributed by atoms with Crippen molar-refractivity contribution in [3.8, 4) is 0 Å². The highest BCUT2D eigenvalue weighted by atomic mass is 31.2. The zero-order chi connectivity index (χ0) is 18.6. The Hall–Kier alpha value is -1.87. The minimum Gasteiger partial charge on any atom is -0.462 e. The molecule has 0 saturated carbocycles. The molecule has 25 heavy (non-hydrogen) atoms. The first-order valence-electron chi connectivity index (χ1n) is 8.66. The van der Waals surface area contributed by atoms with Crippen molar-refractivity contribution in [1.29, 1.82) is 0 Å². The van der Waals surface area contributed by atoms with Crippen molar-refractivity contribution in [2.45, 2.75) is 33.5 Å². The van der Waals surface area contributed by atoms with Gasteiger partial charge >= 0.3 is 5.97 Å². The summed E-state index contributed by atoms with van der Waals surface area (Å²) in [5, 5.41) is 0. The fourth-order valence-corrected chi connectivity index (χ4v) is 5.08. The van der Waals surface area contributed by atoms with Crippen LogP contribution in [0.1, 0.15) is 36.8 Å². The van der Waals surface area contributed by atoms with E-state index >= 15 is 0 Å². The summed E-state index contributed by atoms with van der Waals surface area (Å²) in [6.45, 7) is 11.2. The number of nitrogens with zero attached hydrogens (tertiary/aromatic N) is 2. The molecule has 1 aliphatic rings. The topological polar surface area (TPSA) is 53.2 Å². The lowest BCUT2D eigenvalue weighted by molar-refractivity contribution is 0.0523. The minimum atomic E-state index is -1.16. The van der Waals surface area contributed by atoms with E-state index in [-0.39, 0.29) is 17.7 Å². The van der Waals surface area contributed by atoms with E-state index in [2.05, 4.69) is 13.3 Å². The van der Waals surface area contributed by atoms with Gasteiger partial charge in [-0.15, -0.1) is 0 Å². The number of hydrogen-bond acceptors (Lipinski definition) is 3. The summed E-state index contributed by atoms with van der Waals surface area (Å²) in [5.74, 6) is -0.511. The highest BCUT2D eigenvalue weighted by Crippen LogP contribution is 2.56. The number of carbonyl (C=O) groups excluding carboxylic acids is 1. The van der Waals surface area contributed by atoms with E-state index < -0.39 is 13.2 Å². The lowest BCUT2D eigenvalue weighted by atomic mass is 10.2. The average molecular weight is 363 g/mol. The smallest absolute Gasteiger partial charge is 0.345 e. The number of hydrogen-bond donors (Lipinski definition) is 0. The predicted octanol–water partition coefficient (Wildman–Crippen LogP) is 3.61. The van der Waals surface area contributed by atoms with Crippen LogP contribution in [0.5, 0.6) is 0 Å². The van der Waals surface area contributed by atoms with Crippen LogP contribution in [0.2, 0.25) is 0 Å². The molecule has 6 heteroatoms. The Morgan fingerprint density at radius 1 is 1.28 bits per heavy atom. The monoisotopic (exact) mass is 363 g/mol. The third-order valence-corrected chi connectivity index (χ3v) is 6.83. The maximum Gasteiger partial charge on any atom is 0.345 e. The highest BCUT2D eigenvalue weighted by molar-refractivity contribution is 7.73. The number of carbonyl (C=O) groups is 1. The van der Waals surface area contributed by atoms with E-state index in [1.54, 1.807) is 11.6 Å². The maximum absolute atomic E-state index is 13.1. The van der Waals surface area contributed by atoms with Gasteiger partial charge in [0.05, 0.1) is 30.7 Å². The molecule has 0 N–H and O–H groups in total. The van der Waals surface area contributed by atoms with Crippen molar-refractivity contribution in [1.82, 2.24) is 9.36 Å². The Kier molecular flexibility index (Phi) is 6.23. The molecule has 136 valence electrons.